The molecular weight excluding hydrogens is 306 g/mol. The number of ether oxygens (including phenoxy) is 2. The fraction of sp³-hybridized carbons (Fsp3) is 0.545. The van der Waals surface area contributed by atoms with E-state index in [9.17, 15) is 4.79 Å². The molecule has 1 unspecified atom stereocenters. The lowest BCUT2D eigenvalue weighted by Crippen LogP contribution is -2.42. The molecule has 0 aliphatic carbocycles. The van der Waals surface area contributed by atoms with Crippen LogP contribution in [0.15, 0.2) is 9.85 Å². The van der Waals surface area contributed by atoms with Gasteiger partial charge in [0.2, 0.25) is 0 Å². The van der Waals surface area contributed by atoms with Crippen LogP contribution in [0.2, 0.25) is 0 Å². The number of hydrogen-bond acceptors (Lipinski definition) is 4. The Balaban J connectivity index is 2.66. The molecule has 17 heavy (non-hydrogen) atoms. The second kappa shape index (κ2) is 6.49. The topological polar surface area (TPSA) is 47.6 Å². The number of carbonyl (C=O) groups is 1. The maximum Gasteiger partial charge on any atom is 0.261 e. The van der Waals surface area contributed by atoms with Gasteiger partial charge in [-0.1, -0.05) is 0 Å². The van der Waals surface area contributed by atoms with Crippen molar-refractivity contribution in [3.63, 3.8) is 0 Å². The van der Waals surface area contributed by atoms with Crippen LogP contribution >= 0.6 is 27.3 Å². The highest BCUT2D eigenvalue weighted by atomic mass is 79.9. The van der Waals surface area contributed by atoms with Crippen molar-refractivity contribution in [3.05, 3.63) is 20.3 Å². The largest absolute Gasteiger partial charge is 0.354 e. The van der Waals surface area contributed by atoms with Gasteiger partial charge in [0.1, 0.15) is 0 Å². The number of methoxy groups -OCH3 is 2. The van der Waals surface area contributed by atoms with E-state index < -0.39 is 6.29 Å². The van der Waals surface area contributed by atoms with Crippen molar-refractivity contribution >= 4 is 33.2 Å². The SMILES string of the molecule is COC(OC)C(C)NC(=O)c1cc(C)c(Br)s1. The zero-order valence-electron chi connectivity index (χ0n) is 10.2. The van der Waals surface area contributed by atoms with Gasteiger partial charge in [0, 0.05) is 14.2 Å². The molecule has 1 atom stereocenters. The summed E-state index contributed by atoms with van der Waals surface area (Å²) in [6.07, 6.45) is -0.441. The van der Waals surface area contributed by atoms with Crippen molar-refractivity contribution in [2.75, 3.05) is 14.2 Å². The molecule has 0 saturated heterocycles. The quantitative estimate of drug-likeness (QED) is 0.848. The Kier molecular flexibility index (Phi) is 5.58. The highest BCUT2D eigenvalue weighted by Gasteiger charge is 2.20. The van der Waals surface area contributed by atoms with Crippen molar-refractivity contribution < 1.29 is 14.3 Å². The first-order chi connectivity index (χ1) is 7.99. The monoisotopic (exact) mass is 321 g/mol. The van der Waals surface area contributed by atoms with Crippen LogP contribution < -0.4 is 5.32 Å². The minimum atomic E-state index is -0.441. The molecule has 0 aliphatic heterocycles. The first kappa shape index (κ1) is 14.6. The Labute approximate surface area is 113 Å². The molecule has 6 heteroatoms. The minimum Gasteiger partial charge on any atom is -0.354 e. The minimum absolute atomic E-state index is 0.115. The summed E-state index contributed by atoms with van der Waals surface area (Å²) < 4.78 is 11.1. The van der Waals surface area contributed by atoms with E-state index in [2.05, 4.69) is 21.2 Å². The molecule has 0 spiro atoms. The van der Waals surface area contributed by atoms with Gasteiger partial charge in [-0.15, -0.1) is 11.3 Å². The molecule has 1 aromatic rings. The average Bonchev–Trinajstić information content (AvgIpc) is 2.61. The highest BCUT2D eigenvalue weighted by molar-refractivity contribution is 9.11. The average molecular weight is 322 g/mol. The molecule has 0 bridgehead atoms. The van der Waals surface area contributed by atoms with Crippen LogP contribution in [0, 0.1) is 6.92 Å². The summed E-state index contributed by atoms with van der Waals surface area (Å²) in [5.74, 6) is -0.115. The maximum atomic E-state index is 11.9. The molecule has 1 aromatic heterocycles. The standard InChI is InChI=1S/C11H16BrNO3S/c1-6-5-8(17-9(6)12)10(14)13-7(2)11(15-3)16-4/h5,7,11H,1-4H3,(H,13,14). The normalized spacial score (nSPS) is 12.8. The number of halogens is 1. The summed E-state index contributed by atoms with van der Waals surface area (Å²) in [4.78, 5) is 12.6. The molecule has 0 saturated carbocycles. The van der Waals surface area contributed by atoms with Crippen LogP contribution in [0.4, 0.5) is 0 Å². The van der Waals surface area contributed by atoms with E-state index in [1.165, 1.54) is 11.3 Å². The summed E-state index contributed by atoms with van der Waals surface area (Å²) in [6.45, 7) is 3.79. The molecule has 0 fully saturated rings. The number of carbonyl (C=O) groups excluding carboxylic acids is 1. The fourth-order valence-electron chi connectivity index (χ4n) is 1.42. The summed E-state index contributed by atoms with van der Waals surface area (Å²) in [5, 5.41) is 2.84. The summed E-state index contributed by atoms with van der Waals surface area (Å²) >= 11 is 4.81. The van der Waals surface area contributed by atoms with Gasteiger partial charge >= 0.3 is 0 Å². The van der Waals surface area contributed by atoms with E-state index in [4.69, 9.17) is 9.47 Å². The number of thiophene rings is 1. The van der Waals surface area contributed by atoms with Crippen LogP contribution in [-0.4, -0.2) is 32.5 Å². The second-order valence-corrected chi connectivity index (χ2v) is 6.04. The van der Waals surface area contributed by atoms with Crippen LogP contribution in [0.5, 0.6) is 0 Å². The van der Waals surface area contributed by atoms with Crippen LogP contribution in [0.1, 0.15) is 22.2 Å². The molecule has 1 N–H and O–H groups in total. The molecule has 0 radical (unpaired) electrons. The van der Waals surface area contributed by atoms with Crippen molar-refractivity contribution in [2.24, 2.45) is 0 Å². The lowest BCUT2D eigenvalue weighted by Gasteiger charge is -2.21. The van der Waals surface area contributed by atoms with E-state index in [0.717, 1.165) is 9.35 Å². The van der Waals surface area contributed by atoms with Gasteiger partial charge < -0.3 is 14.8 Å². The first-order valence-electron chi connectivity index (χ1n) is 5.12. The third-order valence-electron chi connectivity index (χ3n) is 2.31. The molecular formula is C11H16BrNO3S. The molecule has 4 nitrogen and oxygen atoms in total. The Morgan fingerprint density at radius 1 is 1.47 bits per heavy atom. The molecule has 0 aromatic carbocycles. The summed E-state index contributed by atoms with van der Waals surface area (Å²) in [7, 11) is 3.09. The predicted molar refractivity (Wildman–Crippen MR) is 71.5 cm³/mol. The van der Waals surface area contributed by atoms with Crippen molar-refractivity contribution in [1.29, 1.82) is 0 Å². The van der Waals surface area contributed by atoms with E-state index in [1.807, 2.05) is 19.9 Å². The van der Waals surface area contributed by atoms with E-state index in [1.54, 1.807) is 14.2 Å². The number of aryl methyl sites for hydroxylation is 1. The Morgan fingerprint density at radius 3 is 2.47 bits per heavy atom. The third-order valence-corrected chi connectivity index (χ3v) is 4.45. The molecule has 1 heterocycles. The molecule has 0 aliphatic rings. The zero-order valence-corrected chi connectivity index (χ0v) is 12.6. The smallest absolute Gasteiger partial charge is 0.261 e. The molecule has 1 amide bonds. The van der Waals surface area contributed by atoms with Crippen molar-refractivity contribution in [1.82, 2.24) is 5.32 Å². The van der Waals surface area contributed by atoms with Crippen molar-refractivity contribution in [3.8, 4) is 0 Å². The Hall–Kier alpha value is -0.430. The van der Waals surface area contributed by atoms with Gasteiger partial charge in [0.15, 0.2) is 6.29 Å². The highest BCUT2D eigenvalue weighted by Crippen LogP contribution is 2.27. The van der Waals surface area contributed by atoms with Gasteiger partial charge in [-0.05, 0) is 41.4 Å². The van der Waals surface area contributed by atoms with Crippen molar-refractivity contribution in [2.45, 2.75) is 26.2 Å². The predicted octanol–water partition coefficient (Wildman–Crippen LogP) is 2.56. The Morgan fingerprint density at radius 2 is 2.06 bits per heavy atom. The van der Waals surface area contributed by atoms with E-state index >= 15 is 0 Å². The summed E-state index contributed by atoms with van der Waals surface area (Å²) in [6, 6.07) is 1.64. The third kappa shape index (κ3) is 3.77. The second-order valence-electron chi connectivity index (χ2n) is 3.67. The lowest BCUT2D eigenvalue weighted by atomic mass is 10.3. The van der Waals surface area contributed by atoms with Gasteiger partial charge in [0.25, 0.3) is 5.91 Å². The maximum absolute atomic E-state index is 11.9. The number of amides is 1. The van der Waals surface area contributed by atoms with Gasteiger partial charge in [0.05, 0.1) is 14.7 Å². The first-order valence-corrected chi connectivity index (χ1v) is 6.73. The lowest BCUT2D eigenvalue weighted by molar-refractivity contribution is -0.117. The van der Waals surface area contributed by atoms with E-state index in [0.29, 0.717) is 4.88 Å². The summed E-state index contributed by atoms with van der Waals surface area (Å²) in [5.41, 5.74) is 1.06. The van der Waals surface area contributed by atoms with Gasteiger partial charge in [-0.2, -0.15) is 0 Å². The van der Waals surface area contributed by atoms with Gasteiger partial charge in [-0.3, -0.25) is 4.79 Å². The number of nitrogens with one attached hydrogen (secondary N) is 1. The zero-order chi connectivity index (χ0) is 13.0. The number of hydrogen-bond donors (Lipinski definition) is 1. The molecule has 96 valence electrons. The molecule has 1 rings (SSSR count). The van der Waals surface area contributed by atoms with Crippen LogP contribution in [0.3, 0.4) is 0 Å². The Bertz CT molecular complexity index is 371. The number of rotatable bonds is 5. The fourth-order valence-corrected chi connectivity index (χ4v) is 2.86. The van der Waals surface area contributed by atoms with E-state index in [-0.39, 0.29) is 11.9 Å². The van der Waals surface area contributed by atoms with Crippen LogP contribution in [0.25, 0.3) is 0 Å². The van der Waals surface area contributed by atoms with Gasteiger partial charge in [-0.25, -0.2) is 0 Å². The van der Waals surface area contributed by atoms with Crippen LogP contribution in [-0.2, 0) is 9.47 Å².